The number of anilines is 1. The van der Waals surface area contributed by atoms with Crippen molar-refractivity contribution < 1.29 is 0 Å². The summed E-state index contributed by atoms with van der Waals surface area (Å²) in [5, 5.41) is 9.52. The Kier molecular flexibility index (Phi) is 3.70. The zero-order valence-corrected chi connectivity index (χ0v) is 12.5. The van der Waals surface area contributed by atoms with Crippen LogP contribution in [0.4, 0.5) is 5.69 Å². The van der Waals surface area contributed by atoms with E-state index in [1.54, 1.807) is 0 Å². The van der Waals surface area contributed by atoms with Crippen LogP contribution in [0.15, 0.2) is 24.3 Å². The van der Waals surface area contributed by atoms with Crippen LogP contribution < -0.4 is 4.90 Å². The first kappa shape index (κ1) is 13.5. The second-order valence-corrected chi connectivity index (χ2v) is 6.81. The Labute approximate surface area is 122 Å². The van der Waals surface area contributed by atoms with Gasteiger partial charge in [-0.3, -0.25) is 0 Å². The molecule has 20 heavy (non-hydrogen) atoms. The Morgan fingerprint density at radius 1 is 1.15 bits per heavy atom. The highest BCUT2D eigenvalue weighted by molar-refractivity contribution is 5.57. The van der Waals surface area contributed by atoms with E-state index in [9.17, 15) is 5.26 Å². The quantitative estimate of drug-likeness (QED) is 0.769. The molecule has 0 N–H and O–H groups in total. The van der Waals surface area contributed by atoms with Crippen molar-refractivity contribution in [3.8, 4) is 6.07 Å². The third kappa shape index (κ3) is 2.42. The van der Waals surface area contributed by atoms with Crippen molar-refractivity contribution in [1.82, 2.24) is 0 Å². The lowest BCUT2D eigenvalue weighted by Crippen LogP contribution is -2.48. The van der Waals surface area contributed by atoms with E-state index < -0.39 is 0 Å². The summed E-state index contributed by atoms with van der Waals surface area (Å²) in [5.74, 6) is 1.63. The van der Waals surface area contributed by atoms with Crippen LogP contribution in [0.1, 0.15) is 38.7 Å². The van der Waals surface area contributed by atoms with Gasteiger partial charge in [0.2, 0.25) is 0 Å². The lowest BCUT2D eigenvalue weighted by molar-refractivity contribution is 0.271. The maximum Gasteiger partial charge on any atom is 0.0677 e. The number of benzene rings is 1. The molecule has 2 aliphatic rings. The fourth-order valence-electron chi connectivity index (χ4n) is 4.00. The smallest absolute Gasteiger partial charge is 0.0677 e. The van der Waals surface area contributed by atoms with E-state index >= 15 is 0 Å². The molecule has 1 aromatic carbocycles. The summed E-state index contributed by atoms with van der Waals surface area (Å²) in [6.07, 6.45) is 4.61. The molecular weight excluding hydrogens is 244 g/mol. The Morgan fingerprint density at radius 3 is 2.75 bits per heavy atom. The molecule has 1 saturated carbocycles. The maximum atomic E-state index is 9.52. The molecule has 1 aliphatic heterocycles. The van der Waals surface area contributed by atoms with Crippen molar-refractivity contribution in [2.45, 2.75) is 45.6 Å². The van der Waals surface area contributed by atoms with Gasteiger partial charge in [-0.15, -0.1) is 0 Å². The van der Waals surface area contributed by atoms with Gasteiger partial charge >= 0.3 is 0 Å². The van der Waals surface area contributed by atoms with Gasteiger partial charge in [-0.25, -0.2) is 0 Å². The summed E-state index contributed by atoms with van der Waals surface area (Å²) < 4.78 is 0. The van der Waals surface area contributed by atoms with E-state index in [2.05, 4.69) is 49.1 Å². The van der Waals surface area contributed by atoms with E-state index in [4.69, 9.17) is 0 Å². The van der Waals surface area contributed by atoms with Crippen molar-refractivity contribution in [3.63, 3.8) is 0 Å². The fraction of sp³-hybridized carbons (Fsp3) is 0.611. The summed E-state index contributed by atoms with van der Waals surface area (Å²) in [6.45, 7) is 5.77. The first-order valence-electron chi connectivity index (χ1n) is 7.93. The third-order valence-corrected chi connectivity index (χ3v) is 5.02. The van der Waals surface area contributed by atoms with E-state index in [-0.39, 0.29) is 5.92 Å². The molecule has 2 nitrogen and oxygen atoms in total. The highest BCUT2D eigenvalue weighted by Gasteiger charge is 2.36. The molecule has 0 spiro atoms. The molecule has 1 heterocycles. The molecule has 2 heteroatoms. The molecule has 1 aromatic rings. The van der Waals surface area contributed by atoms with Crippen molar-refractivity contribution >= 4 is 5.69 Å². The molecule has 1 aliphatic carbocycles. The van der Waals surface area contributed by atoms with Crippen molar-refractivity contribution in [3.05, 3.63) is 29.8 Å². The summed E-state index contributed by atoms with van der Waals surface area (Å²) >= 11 is 0. The van der Waals surface area contributed by atoms with Gasteiger partial charge < -0.3 is 4.90 Å². The predicted molar refractivity (Wildman–Crippen MR) is 82.6 cm³/mol. The highest BCUT2D eigenvalue weighted by atomic mass is 15.2. The highest BCUT2D eigenvalue weighted by Crippen LogP contribution is 2.38. The van der Waals surface area contributed by atoms with Gasteiger partial charge in [0.15, 0.2) is 0 Å². The Hall–Kier alpha value is -1.49. The average molecular weight is 268 g/mol. The minimum absolute atomic E-state index is 0.199. The molecule has 4 atom stereocenters. The van der Waals surface area contributed by atoms with Gasteiger partial charge in [0.1, 0.15) is 0 Å². The monoisotopic (exact) mass is 268 g/mol. The maximum absolute atomic E-state index is 9.52. The van der Waals surface area contributed by atoms with Gasteiger partial charge in [0.05, 0.1) is 12.0 Å². The van der Waals surface area contributed by atoms with E-state index in [1.165, 1.54) is 30.5 Å². The van der Waals surface area contributed by atoms with Crippen molar-refractivity contribution in [2.24, 2.45) is 17.8 Å². The van der Waals surface area contributed by atoms with E-state index in [1.807, 2.05) is 0 Å². The normalized spacial score (nSPS) is 33.4. The van der Waals surface area contributed by atoms with Gasteiger partial charge in [0.25, 0.3) is 0 Å². The standard InChI is InChI=1S/C18H24N2/c1-13-7-8-16(11-19)18(10-13)20-12-14(2)9-15-5-3-4-6-17(15)20/h3-6,13-14,16,18H,7-10,12H2,1-2H3. The third-order valence-electron chi connectivity index (χ3n) is 5.02. The average Bonchev–Trinajstić information content (AvgIpc) is 2.46. The minimum atomic E-state index is 0.199. The van der Waals surface area contributed by atoms with Crippen molar-refractivity contribution in [2.75, 3.05) is 11.4 Å². The molecule has 3 rings (SSSR count). The predicted octanol–water partition coefficient (Wildman–Crippen LogP) is 4.01. The number of fused-ring (bicyclic) bond motifs is 1. The number of nitrogens with zero attached hydrogens (tertiary/aromatic N) is 2. The second kappa shape index (κ2) is 5.48. The summed E-state index contributed by atoms with van der Waals surface area (Å²) in [4.78, 5) is 2.55. The largest absolute Gasteiger partial charge is 0.367 e. The SMILES string of the molecule is CC1CCC(C#N)C(N2CC(C)Cc3ccccc32)C1. The molecule has 0 amide bonds. The van der Waals surface area contributed by atoms with Gasteiger partial charge in [0, 0.05) is 18.3 Å². The van der Waals surface area contributed by atoms with Crippen LogP contribution in [-0.4, -0.2) is 12.6 Å². The second-order valence-electron chi connectivity index (χ2n) is 6.81. The summed E-state index contributed by atoms with van der Waals surface area (Å²) in [7, 11) is 0. The number of para-hydroxylation sites is 1. The van der Waals surface area contributed by atoms with Crippen LogP contribution in [0.3, 0.4) is 0 Å². The van der Waals surface area contributed by atoms with Crippen LogP contribution in [-0.2, 0) is 6.42 Å². The zero-order chi connectivity index (χ0) is 14.1. The lowest BCUT2D eigenvalue weighted by Gasteiger charge is -2.45. The molecular formula is C18H24N2. The minimum Gasteiger partial charge on any atom is -0.367 e. The van der Waals surface area contributed by atoms with E-state index in [0.717, 1.165) is 18.9 Å². The number of hydrogen-bond donors (Lipinski definition) is 0. The van der Waals surface area contributed by atoms with Crippen LogP contribution in [0, 0.1) is 29.1 Å². The van der Waals surface area contributed by atoms with Gasteiger partial charge in [-0.2, -0.15) is 5.26 Å². The van der Waals surface area contributed by atoms with Crippen LogP contribution in [0.25, 0.3) is 0 Å². The number of hydrogen-bond acceptors (Lipinski definition) is 2. The molecule has 4 unspecified atom stereocenters. The molecule has 0 radical (unpaired) electrons. The number of nitriles is 1. The Bertz CT molecular complexity index is 516. The topological polar surface area (TPSA) is 27.0 Å². The number of rotatable bonds is 1. The van der Waals surface area contributed by atoms with Crippen LogP contribution >= 0.6 is 0 Å². The Morgan fingerprint density at radius 2 is 1.95 bits per heavy atom. The van der Waals surface area contributed by atoms with Crippen LogP contribution in [0.5, 0.6) is 0 Å². The molecule has 106 valence electrons. The molecule has 0 bridgehead atoms. The zero-order valence-electron chi connectivity index (χ0n) is 12.5. The Balaban J connectivity index is 1.94. The first-order valence-corrected chi connectivity index (χ1v) is 7.93. The van der Waals surface area contributed by atoms with Crippen molar-refractivity contribution in [1.29, 1.82) is 5.26 Å². The van der Waals surface area contributed by atoms with Gasteiger partial charge in [-0.1, -0.05) is 32.0 Å². The van der Waals surface area contributed by atoms with E-state index in [0.29, 0.717) is 12.0 Å². The lowest BCUT2D eigenvalue weighted by atomic mass is 9.77. The fourth-order valence-corrected chi connectivity index (χ4v) is 4.00. The molecule has 1 fully saturated rings. The molecule has 0 saturated heterocycles. The van der Waals surface area contributed by atoms with Crippen LogP contribution in [0.2, 0.25) is 0 Å². The van der Waals surface area contributed by atoms with Gasteiger partial charge in [-0.05, 0) is 49.1 Å². The summed E-state index contributed by atoms with van der Waals surface area (Å²) in [6, 6.07) is 11.8. The first-order chi connectivity index (χ1) is 9.69. The summed E-state index contributed by atoms with van der Waals surface area (Å²) in [5.41, 5.74) is 2.84. The molecule has 0 aromatic heterocycles.